The van der Waals surface area contributed by atoms with Crippen LogP contribution in [0.4, 0.5) is 0 Å². The molecule has 0 saturated carbocycles. The molecule has 8 nitrogen and oxygen atoms in total. The highest BCUT2D eigenvalue weighted by Crippen LogP contribution is 2.12. The molecule has 2 N–H and O–H groups in total. The summed E-state index contributed by atoms with van der Waals surface area (Å²) in [5.74, 6) is 0.311. The summed E-state index contributed by atoms with van der Waals surface area (Å²) >= 11 is 0. The van der Waals surface area contributed by atoms with Crippen molar-refractivity contribution in [3.05, 3.63) is 54.0 Å². The molecule has 0 atom stereocenters. The number of ether oxygens (including phenoxy) is 1. The van der Waals surface area contributed by atoms with Gasteiger partial charge in [0.15, 0.2) is 0 Å². The normalized spacial score (nSPS) is 15.4. The molecule has 2 heterocycles. The Morgan fingerprint density at radius 1 is 1.11 bits per heavy atom. The molecule has 0 radical (unpaired) electrons. The van der Waals surface area contributed by atoms with Gasteiger partial charge in [-0.25, -0.2) is 13.1 Å². The van der Waals surface area contributed by atoms with Gasteiger partial charge in [-0.3, -0.25) is 9.69 Å². The fourth-order valence-electron chi connectivity index (χ4n) is 2.88. The van der Waals surface area contributed by atoms with E-state index in [1.54, 1.807) is 12.1 Å². The molecule has 1 aliphatic rings. The van der Waals surface area contributed by atoms with Crippen LogP contribution in [0.3, 0.4) is 0 Å². The van der Waals surface area contributed by atoms with Crippen LogP contribution in [-0.2, 0) is 21.3 Å². The fraction of sp³-hybridized carbons (Fsp3) is 0.421. The van der Waals surface area contributed by atoms with E-state index >= 15 is 0 Å². The molecule has 0 unspecified atom stereocenters. The summed E-state index contributed by atoms with van der Waals surface area (Å²) in [6.07, 6.45) is 2.34. The molecule has 1 fully saturated rings. The number of benzene rings is 1. The predicted molar refractivity (Wildman–Crippen MR) is 103 cm³/mol. The van der Waals surface area contributed by atoms with Gasteiger partial charge in [0.2, 0.25) is 10.0 Å². The van der Waals surface area contributed by atoms with E-state index in [0.29, 0.717) is 17.9 Å². The van der Waals surface area contributed by atoms with Crippen LogP contribution < -0.4 is 10.0 Å². The Morgan fingerprint density at radius 2 is 1.86 bits per heavy atom. The van der Waals surface area contributed by atoms with E-state index in [2.05, 4.69) is 14.9 Å². The van der Waals surface area contributed by atoms with Crippen molar-refractivity contribution < 1.29 is 22.4 Å². The van der Waals surface area contributed by atoms with E-state index in [1.807, 2.05) is 0 Å². The van der Waals surface area contributed by atoms with E-state index < -0.39 is 10.0 Å². The van der Waals surface area contributed by atoms with Crippen molar-refractivity contribution >= 4 is 15.9 Å². The Hall–Kier alpha value is -2.20. The van der Waals surface area contributed by atoms with E-state index in [0.717, 1.165) is 39.3 Å². The number of sulfonamides is 1. The molecule has 1 aromatic heterocycles. The molecule has 0 aliphatic carbocycles. The van der Waals surface area contributed by atoms with Gasteiger partial charge in [0.1, 0.15) is 5.76 Å². The van der Waals surface area contributed by atoms with Gasteiger partial charge in [0, 0.05) is 25.2 Å². The number of hydrogen-bond acceptors (Lipinski definition) is 6. The summed E-state index contributed by atoms with van der Waals surface area (Å²) in [4.78, 5) is 14.6. The third-order valence-electron chi connectivity index (χ3n) is 4.48. The Labute approximate surface area is 164 Å². The lowest BCUT2D eigenvalue weighted by molar-refractivity contribution is 0.0374. The predicted octanol–water partition coefficient (Wildman–Crippen LogP) is 1.21. The number of furan rings is 1. The Morgan fingerprint density at radius 3 is 2.54 bits per heavy atom. The molecular formula is C19H25N3O5S. The number of carbonyl (C=O) groups is 1. The van der Waals surface area contributed by atoms with Crippen LogP contribution in [0, 0.1) is 0 Å². The van der Waals surface area contributed by atoms with Crippen molar-refractivity contribution in [2.75, 3.05) is 39.4 Å². The quantitative estimate of drug-likeness (QED) is 0.606. The molecule has 9 heteroatoms. The number of hydrogen-bond donors (Lipinski definition) is 2. The van der Waals surface area contributed by atoms with Gasteiger partial charge in [0.25, 0.3) is 5.91 Å². The van der Waals surface area contributed by atoms with Gasteiger partial charge < -0.3 is 14.5 Å². The molecular weight excluding hydrogens is 382 g/mol. The van der Waals surface area contributed by atoms with E-state index in [4.69, 9.17) is 9.15 Å². The van der Waals surface area contributed by atoms with Crippen LogP contribution in [0.5, 0.6) is 0 Å². The monoisotopic (exact) mass is 407 g/mol. The number of nitrogens with zero attached hydrogens (tertiary/aromatic N) is 1. The van der Waals surface area contributed by atoms with Crippen molar-refractivity contribution in [2.24, 2.45) is 0 Å². The van der Waals surface area contributed by atoms with Gasteiger partial charge in [-0.2, -0.15) is 0 Å². The molecule has 1 amide bonds. The number of amides is 1. The smallest absolute Gasteiger partial charge is 0.251 e. The minimum atomic E-state index is -3.67. The third kappa shape index (κ3) is 5.90. The molecule has 3 rings (SSSR count). The number of rotatable bonds is 9. The first-order chi connectivity index (χ1) is 13.5. The minimum Gasteiger partial charge on any atom is -0.468 e. The van der Waals surface area contributed by atoms with Crippen LogP contribution in [0.2, 0.25) is 0 Å². The number of carbonyl (C=O) groups excluding carboxylic acids is 1. The summed E-state index contributed by atoms with van der Waals surface area (Å²) in [6.45, 7) is 4.94. The second kappa shape index (κ2) is 9.83. The summed E-state index contributed by atoms with van der Waals surface area (Å²) in [5, 5.41) is 2.87. The highest BCUT2D eigenvalue weighted by molar-refractivity contribution is 7.89. The maximum atomic E-state index is 12.3. The molecule has 152 valence electrons. The van der Waals surface area contributed by atoms with Crippen LogP contribution >= 0.6 is 0 Å². The van der Waals surface area contributed by atoms with Gasteiger partial charge in [-0.1, -0.05) is 0 Å². The van der Waals surface area contributed by atoms with Crippen molar-refractivity contribution in [1.82, 2.24) is 14.9 Å². The second-order valence-corrected chi connectivity index (χ2v) is 8.26. The molecule has 28 heavy (non-hydrogen) atoms. The summed E-state index contributed by atoms with van der Waals surface area (Å²) in [5.41, 5.74) is 0.427. The Bertz CT molecular complexity index is 844. The zero-order chi connectivity index (χ0) is 19.8. The van der Waals surface area contributed by atoms with E-state index in [9.17, 15) is 13.2 Å². The van der Waals surface area contributed by atoms with Crippen molar-refractivity contribution in [2.45, 2.75) is 17.9 Å². The van der Waals surface area contributed by atoms with Crippen molar-refractivity contribution in [1.29, 1.82) is 0 Å². The summed E-state index contributed by atoms with van der Waals surface area (Å²) < 4.78 is 37.5. The SMILES string of the molecule is O=C(NCCCN1CCOCC1)c1ccc(S(=O)(=O)NCc2ccco2)cc1. The molecule has 0 spiro atoms. The van der Waals surface area contributed by atoms with Gasteiger partial charge in [-0.05, 0) is 49.4 Å². The van der Waals surface area contributed by atoms with Crippen LogP contribution in [0.1, 0.15) is 22.5 Å². The molecule has 1 saturated heterocycles. The minimum absolute atomic E-state index is 0.0702. The zero-order valence-electron chi connectivity index (χ0n) is 15.6. The number of morpholine rings is 1. The Kier molecular flexibility index (Phi) is 7.21. The third-order valence-corrected chi connectivity index (χ3v) is 5.90. The average molecular weight is 407 g/mol. The van der Waals surface area contributed by atoms with Gasteiger partial charge >= 0.3 is 0 Å². The molecule has 1 aliphatic heterocycles. The first-order valence-electron chi connectivity index (χ1n) is 9.25. The fourth-order valence-corrected chi connectivity index (χ4v) is 3.87. The summed E-state index contributed by atoms with van der Waals surface area (Å²) in [7, 11) is -3.67. The number of nitrogens with one attached hydrogen (secondary N) is 2. The topological polar surface area (TPSA) is 101 Å². The molecule has 2 aromatic rings. The van der Waals surface area contributed by atoms with Gasteiger partial charge in [-0.15, -0.1) is 0 Å². The average Bonchev–Trinajstić information content (AvgIpc) is 3.24. The second-order valence-electron chi connectivity index (χ2n) is 6.49. The molecule has 0 bridgehead atoms. The zero-order valence-corrected chi connectivity index (χ0v) is 16.4. The highest BCUT2D eigenvalue weighted by atomic mass is 32.2. The first kappa shape index (κ1) is 20.5. The lowest BCUT2D eigenvalue weighted by atomic mass is 10.2. The first-order valence-corrected chi connectivity index (χ1v) is 10.7. The van der Waals surface area contributed by atoms with Crippen molar-refractivity contribution in [3.8, 4) is 0 Å². The van der Waals surface area contributed by atoms with Crippen LogP contribution in [0.25, 0.3) is 0 Å². The summed E-state index contributed by atoms with van der Waals surface area (Å²) in [6, 6.07) is 9.25. The van der Waals surface area contributed by atoms with E-state index in [-0.39, 0.29) is 17.3 Å². The Balaban J connectivity index is 1.45. The van der Waals surface area contributed by atoms with Crippen LogP contribution in [0.15, 0.2) is 52.0 Å². The lowest BCUT2D eigenvalue weighted by Crippen LogP contribution is -2.38. The van der Waals surface area contributed by atoms with Gasteiger partial charge in [0.05, 0.1) is 30.9 Å². The highest BCUT2D eigenvalue weighted by Gasteiger charge is 2.15. The van der Waals surface area contributed by atoms with Crippen LogP contribution in [-0.4, -0.2) is 58.6 Å². The standard InChI is InChI=1S/C19H25N3O5S/c23-19(20-8-2-9-22-10-13-26-14-11-22)16-4-6-18(7-5-16)28(24,25)21-15-17-3-1-12-27-17/h1,3-7,12,21H,2,8-11,13-15H2,(H,20,23). The lowest BCUT2D eigenvalue weighted by Gasteiger charge is -2.26. The van der Waals surface area contributed by atoms with Crippen molar-refractivity contribution in [3.63, 3.8) is 0 Å². The maximum Gasteiger partial charge on any atom is 0.251 e. The largest absolute Gasteiger partial charge is 0.468 e. The van der Waals surface area contributed by atoms with E-state index in [1.165, 1.54) is 30.5 Å². The molecule has 1 aromatic carbocycles. The maximum absolute atomic E-state index is 12.3.